The summed E-state index contributed by atoms with van der Waals surface area (Å²) in [7, 11) is 1.51. The zero-order valence-corrected chi connectivity index (χ0v) is 14.5. The number of allylic oxidation sites excluding steroid dienone is 1. The molecule has 24 heavy (non-hydrogen) atoms. The summed E-state index contributed by atoms with van der Waals surface area (Å²) < 4.78 is 10.4. The number of rotatable bonds is 5. The Morgan fingerprint density at radius 3 is 2.71 bits per heavy atom. The molecule has 0 radical (unpaired) electrons. The van der Waals surface area contributed by atoms with Crippen LogP contribution in [-0.2, 0) is 14.3 Å². The van der Waals surface area contributed by atoms with Crippen molar-refractivity contribution in [3.8, 4) is 11.8 Å². The van der Waals surface area contributed by atoms with E-state index in [4.69, 9.17) is 9.47 Å². The van der Waals surface area contributed by atoms with Gasteiger partial charge >= 0.3 is 5.97 Å². The number of para-hydroxylation sites is 1. The molecular weight excluding hydrogens is 328 g/mol. The van der Waals surface area contributed by atoms with Crippen LogP contribution in [0.25, 0.3) is 0 Å². The maximum absolute atomic E-state index is 12.5. The van der Waals surface area contributed by atoms with Gasteiger partial charge in [-0.05, 0) is 19.2 Å². The van der Waals surface area contributed by atoms with Crippen LogP contribution in [-0.4, -0.2) is 31.8 Å². The second-order valence-electron chi connectivity index (χ2n) is 5.00. The molecule has 1 aromatic carbocycles. The SMILES string of the molecule is CCOC(=O)[C@H]1C(=O)NC(SC)=C(C#N)[C@@H]1c1ccccc1OC. The van der Waals surface area contributed by atoms with Crippen molar-refractivity contribution in [3.63, 3.8) is 0 Å². The van der Waals surface area contributed by atoms with Gasteiger partial charge in [0.05, 0.1) is 30.4 Å². The lowest BCUT2D eigenvalue weighted by Crippen LogP contribution is -2.44. The zero-order chi connectivity index (χ0) is 17.7. The Morgan fingerprint density at radius 1 is 1.42 bits per heavy atom. The number of esters is 1. The first-order valence-electron chi connectivity index (χ1n) is 7.37. The molecule has 0 aromatic heterocycles. The number of nitrogens with zero attached hydrogens (tertiary/aromatic N) is 1. The molecule has 0 bridgehead atoms. The van der Waals surface area contributed by atoms with E-state index in [1.165, 1.54) is 18.9 Å². The summed E-state index contributed by atoms with van der Waals surface area (Å²) in [6.07, 6.45) is 1.76. The standard InChI is InChI=1S/C17H18N2O4S/c1-4-23-17(21)14-13(10-7-5-6-8-12(10)22-2)11(9-18)16(24-3)19-15(14)20/h5-8,13-14H,4H2,1-3H3,(H,19,20)/t13-,14+/m0/s1. The molecule has 0 fully saturated rings. The molecule has 0 aliphatic carbocycles. The summed E-state index contributed by atoms with van der Waals surface area (Å²) in [4.78, 5) is 24.9. The Balaban J connectivity index is 2.67. The van der Waals surface area contributed by atoms with E-state index in [1.54, 1.807) is 37.4 Å². The molecule has 1 heterocycles. The maximum atomic E-state index is 12.5. The van der Waals surface area contributed by atoms with Gasteiger partial charge in [0.1, 0.15) is 11.7 Å². The fraction of sp³-hybridized carbons (Fsp3) is 0.353. The highest BCUT2D eigenvalue weighted by Gasteiger charge is 2.45. The van der Waals surface area contributed by atoms with E-state index in [9.17, 15) is 14.9 Å². The van der Waals surface area contributed by atoms with Crippen molar-refractivity contribution in [3.05, 3.63) is 40.4 Å². The smallest absolute Gasteiger partial charge is 0.319 e. The van der Waals surface area contributed by atoms with E-state index in [1.807, 2.05) is 0 Å². The van der Waals surface area contributed by atoms with E-state index in [0.29, 0.717) is 21.9 Å². The molecule has 0 spiro atoms. The lowest BCUT2D eigenvalue weighted by molar-refractivity contribution is -0.152. The predicted octanol–water partition coefficient (Wildman–Crippen LogP) is 2.19. The van der Waals surface area contributed by atoms with Crippen molar-refractivity contribution in [2.24, 2.45) is 5.92 Å². The van der Waals surface area contributed by atoms with Gasteiger partial charge in [-0.25, -0.2) is 0 Å². The summed E-state index contributed by atoms with van der Waals surface area (Å²) in [6.45, 7) is 1.83. The number of ether oxygens (including phenoxy) is 2. The molecule has 2 rings (SSSR count). The largest absolute Gasteiger partial charge is 0.496 e. The second kappa shape index (κ2) is 7.88. The van der Waals surface area contributed by atoms with Crippen molar-refractivity contribution < 1.29 is 19.1 Å². The predicted molar refractivity (Wildman–Crippen MR) is 90.2 cm³/mol. The third-order valence-electron chi connectivity index (χ3n) is 3.75. The Labute approximate surface area is 144 Å². The van der Waals surface area contributed by atoms with Gasteiger partial charge in [-0.2, -0.15) is 5.26 Å². The van der Waals surface area contributed by atoms with Gasteiger partial charge in [-0.3, -0.25) is 9.59 Å². The number of nitrogens with one attached hydrogen (secondary N) is 1. The Bertz CT molecular complexity index is 724. The van der Waals surface area contributed by atoms with Crippen molar-refractivity contribution in [1.29, 1.82) is 5.26 Å². The van der Waals surface area contributed by atoms with E-state index >= 15 is 0 Å². The second-order valence-corrected chi connectivity index (χ2v) is 5.81. The van der Waals surface area contributed by atoms with Crippen LogP contribution in [0.15, 0.2) is 34.9 Å². The average Bonchev–Trinajstić information content (AvgIpc) is 2.60. The summed E-state index contributed by atoms with van der Waals surface area (Å²) in [6, 6.07) is 9.19. The summed E-state index contributed by atoms with van der Waals surface area (Å²) in [5, 5.41) is 12.7. The number of thioether (sulfide) groups is 1. The quantitative estimate of drug-likeness (QED) is 0.649. The molecule has 6 nitrogen and oxygen atoms in total. The topological polar surface area (TPSA) is 88.4 Å². The number of benzene rings is 1. The van der Waals surface area contributed by atoms with Gasteiger partial charge in [0.25, 0.3) is 0 Å². The van der Waals surface area contributed by atoms with Crippen LogP contribution in [0, 0.1) is 17.2 Å². The number of nitriles is 1. The average molecular weight is 346 g/mol. The maximum Gasteiger partial charge on any atom is 0.319 e. The van der Waals surface area contributed by atoms with Gasteiger partial charge in [0.2, 0.25) is 5.91 Å². The van der Waals surface area contributed by atoms with Crippen LogP contribution in [0.3, 0.4) is 0 Å². The third-order valence-corrected chi connectivity index (χ3v) is 4.48. The lowest BCUT2D eigenvalue weighted by Gasteiger charge is -2.31. The highest BCUT2D eigenvalue weighted by molar-refractivity contribution is 8.02. The number of hydrogen-bond donors (Lipinski definition) is 1. The van der Waals surface area contributed by atoms with Crippen molar-refractivity contribution in [1.82, 2.24) is 5.32 Å². The molecule has 1 aliphatic heterocycles. The van der Waals surface area contributed by atoms with Crippen LogP contribution < -0.4 is 10.1 Å². The molecule has 1 N–H and O–H groups in total. The minimum absolute atomic E-state index is 0.155. The molecule has 1 aromatic rings. The summed E-state index contributed by atoms with van der Waals surface area (Å²) >= 11 is 1.25. The Kier molecular flexibility index (Phi) is 5.88. The number of amides is 1. The van der Waals surface area contributed by atoms with E-state index < -0.39 is 23.7 Å². The molecule has 7 heteroatoms. The lowest BCUT2D eigenvalue weighted by atomic mass is 9.78. The van der Waals surface area contributed by atoms with Crippen LogP contribution in [0.5, 0.6) is 5.75 Å². The summed E-state index contributed by atoms with van der Waals surface area (Å²) in [5.41, 5.74) is 0.931. The fourth-order valence-electron chi connectivity index (χ4n) is 2.73. The van der Waals surface area contributed by atoms with E-state index in [-0.39, 0.29) is 6.61 Å². The van der Waals surface area contributed by atoms with Crippen molar-refractivity contribution in [2.45, 2.75) is 12.8 Å². The van der Waals surface area contributed by atoms with Gasteiger partial charge < -0.3 is 14.8 Å². The van der Waals surface area contributed by atoms with Crippen LogP contribution in [0.2, 0.25) is 0 Å². The van der Waals surface area contributed by atoms with Crippen molar-refractivity contribution in [2.75, 3.05) is 20.0 Å². The van der Waals surface area contributed by atoms with Gasteiger partial charge in [0.15, 0.2) is 0 Å². The monoisotopic (exact) mass is 346 g/mol. The highest BCUT2D eigenvalue weighted by atomic mass is 32.2. The molecular formula is C17H18N2O4S. The first-order valence-corrected chi connectivity index (χ1v) is 8.60. The molecule has 1 aliphatic rings. The highest BCUT2D eigenvalue weighted by Crippen LogP contribution is 2.42. The molecule has 1 amide bonds. The first kappa shape index (κ1) is 17.9. The minimum Gasteiger partial charge on any atom is -0.496 e. The van der Waals surface area contributed by atoms with E-state index in [2.05, 4.69) is 11.4 Å². The number of hydrogen-bond acceptors (Lipinski definition) is 6. The summed E-state index contributed by atoms with van der Waals surface area (Å²) in [5.74, 6) is -2.50. The van der Waals surface area contributed by atoms with Crippen LogP contribution >= 0.6 is 11.8 Å². The van der Waals surface area contributed by atoms with Crippen LogP contribution in [0.4, 0.5) is 0 Å². The van der Waals surface area contributed by atoms with E-state index in [0.717, 1.165) is 0 Å². The van der Waals surface area contributed by atoms with Crippen LogP contribution in [0.1, 0.15) is 18.4 Å². The number of carbonyl (C=O) groups excluding carboxylic acids is 2. The van der Waals surface area contributed by atoms with Gasteiger partial charge in [-0.15, -0.1) is 11.8 Å². The number of methoxy groups -OCH3 is 1. The number of carbonyl (C=O) groups is 2. The van der Waals surface area contributed by atoms with Gasteiger partial charge in [-0.1, -0.05) is 18.2 Å². The normalized spacial score (nSPS) is 20.2. The first-order chi connectivity index (χ1) is 11.6. The van der Waals surface area contributed by atoms with Gasteiger partial charge in [0, 0.05) is 11.5 Å². The molecule has 0 saturated carbocycles. The Morgan fingerprint density at radius 2 is 2.12 bits per heavy atom. The van der Waals surface area contributed by atoms with Crippen molar-refractivity contribution >= 4 is 23.6 Å². The molecule has 0 unspecified atom stereocenters. The zero-order valence-electron chi connectivity index (χ0n) is 13.7. The fourth-order valence-corrected chi connectivity index (χ4v) is 3.33. The third kappa shape index (κ3) is 3.24. The molecule has 2 atom stereocenters. The Hall–Kier alpha value is -2.46. The molecule has 0 saturated heterocycles. The minimum atomic E-state index is -1.13. The molecule has 126 valence electrons.